The van der Waals surface area contributed by atoms with E-state index in [9.17, 15) is 10.1 Å². The predicted octanol–water partition coefficient (Wildman–Crippen LogP) is 5.28. The number of ether oxygens (including phenoxy) is 1. The van der Waals surface area contributed by atoms with Crippen molar-refractivity contribution >= 4 is 17.6 Å². The topological polar surface area (TPSA) is 50.1 Å². The Labute approximate surface area is 152 Å². The minimum Gasteiger partial charge on any atom is -0.423 e. The van der Waals surface area contributed by atoms with Gasteiger partial charge in [-0.05, 0) is 48.4 Å². The second-order valence-corrected chi connectivity index (χ2v) is 5.86. The number of esters is 1. The highest BCUT2D eigenvalue weighted by Gasteiger charge is 2.08. The van der Waals surface area contributed by atoms with E-state index >= 15 is 0 Å². The van der Waals surface area contributed by atoms with Crippen molar-refractivity contribution in [2.45, 2.75) is 6.92 Å². The molecule has 3 rings (SSSR count). The second-order valence-electron chi connectivity index (χ2n) is 5.86. The Hall–Kier alpha value is -3.64. The van der Waals surface area contributed by atoms with Gasteiger partial charge in [-0.3, -0.25) is 0 Å². The van der Waals surface area contributed by atoms with E-state index in [-0.39, 0.29) is 0 Å². The summed E-state index contributed by atoms with van der Waals surface area (Å²) in [6.07, 6.45) is 1.78. The van der Waals surface area contributed by atoms with Crippen LogP contribution in [-0.2, 0) is 0 Å². The van der Waals surface area contributed by atoms with E-state index in [4.69, 9.17) is 4.74 Å². The van der Waals surface area contributed by atoms with Gasteiger partial charge in [0, 0.05) is 0 Å². The zero-order chi connectivity index (χ0) is 18.4. The average Bonchev–Trinajstić information content (AvgIpc) is 2.67. The van der Waals surface area contributed by atoms with Crippen LogP contribution in [0.25, 0.3) is 11.6 Å². The van der Waals surface area contributed by atoms with Crippen LogP contribution in [-0.4, -0.2) is 5.97 Å². The molecule has 0 aliphatic rings. The van der Waals surface area contributed by atoms with Gasteiger partial charge in [0.15, 0.2) is 0 Å². The zero-order valence-corrected chi connectivity index (χ0v) is 14.3. The lowest BCUT2D eigenvalue weighted by molar-refractivity contribution is 0.0735. The van der Waals surface area contributed by atoms with Gasteiger partial charge in [0.2, 0.25) is 0 Å². The predicted molar refractivity (Wildman–Crippen MR) is 103 cm³/mol. The normalized spacial score (nSPS) is 10.8. The molecule has 0 aromatic heterocycles. The maximum atomic E-state index is 12.2. The molecule has 0 amide bonds. The molecule has 0 heterocycles. The summed E-state index contributed by atoms with van der Waals surface area (Å²) in [5, 5.41) is 9.42. The lowest BCUT2D eigenvalue weighted by Crippen LogP contribution is -2.08. The van der Waals surface area contributed by atoms with Crippen LogP contribution < -0.4 is 4.74 Å². The van der Waals surface area contributed by atoms with E-state index < -0.39 is 5.97 Å². The van der Waals surface area contributed by atoms with Gasteiger partial charge in [0.25, 0.3) is 0 Å². The minimum absolute atomic E-state index is 0.408. The lowest BCUT2D eigenvalue weighted by Gasteiger charge is -2.06. The van der Waals surface area contributed by atoms with Gasteiger partial charge in [-0.15, -0.1) is 0 Å². The third kappa shape index (κ3) is 4.25. The van der Waals surface area contributed by atoms with Crippen molar-refractivity contribution in [3.8, 4) is 11.8 Å². The number of carbonyl (C=O) groups excluding carboxylic acids is 1. The number of nitriles is 1. The molecule has 26 heavy (non-hydrogen) atoms. The van der Waals surface area contributed by atoms with Crippen LogP contribution in [0.15, 0.2) is 78.9 Å². The van der Waals surface area contributed by atoms with Gasteiger partial charge in [-0.2, -0.15) is 5.26 Å². The van der Waals surface area contributed by atoms with Gasteiger partial charge in [-0.1, -0.05) is 60.2 Å². The first-order valence-electron chi connectivity index (χ1n) is 8.22. The van der Waals surface area contributed by atoms with Crippen LogP contribution in [0.4, 0.5) is 0 Å². The number of nitrogens with zero attached hydrogens (tertiary/aromatic N) is 1. The van der Waals surface area contributed by atoms with E-state index in [0.717, 1.165) is 16.7 Å². The molecule has 0 aliphatic carbocycles. The molecule has 3 heteroatoms. The van der Waals surface area contributed by atoms with Crippen LogP contribution in [0.3, 0.4) is 0 Å². The van der Waals surface area contributed by atoms with Gasteiger partial charge in [0.1, 0.15) is 5.75 Å². The van der Waals surface area contributed by atoms with Gasteiger partial charge >= 0.3 is 5.97 Å². The number of hydrogen-bond donors (Lipinski definition) is 0. The molecule has 3 aromatic carbocycles. The highest BCUT2D eigenvalue weighted by atomic mass is 16.5. The zero-order valence-electron chi connectivity index (χ0n) is 14.3. The van der Waals surface area contributed by atoms with Crippen molar-refractivity contribution < 1.29 is 9.53 Å². The SMILES string of the molecule is Cc1ccc(C(=O)Oc2cccc(/C=C(/C#N)c3ccccc3)c2)cc1. The summed E-state index contributed by atoms with van der Waals surface area (Å²) in [7, 11) is 0. The van der Waals surface area contributed by atoms with E-state index in [1.807, 2.05) is 55.5 Å². The lowest BCUT2D eigenvalue weighted by atomic mass is 10.0. The highest BCUT2D eigenvalue weighted by Crippen LogP contribution is 2.21. The molecule has 0 radical (unpaired) electrons. The summed E-state index contributed by atoms with van der Waals surface area (Å²) in [6.45, 7) is 1.96. The second kappa shape index (κ2) is 7.96. The third-order valence-corrected chi connectivity index (χ3v) is 3.87. The molecule has 126 valence electrons. The van der Waals surface area contributed by atoms with Crippen molar-refractivity contribution in [1.29, 1.82) is 5.26 Å². The van der Waals surface area contributed by atoms with E-state index in [1.54, 1.807) is 36.4 Å². The quantitative estimate of drug-likeness (QED) is 0.281. The highest BCUT2D eigenvalue weighted by molar-refractivity contribution is 5.92. The van der Waals surface area contributed by atoms with Gasteiger partial charge < -0.3 is 4.74 Å². The first-order chi connectivity index (χ1) is 12.7. The maximum Gasteiger partial charge on any atom is 0.343 e. The van der Waals surface area contributed by atoms with E-state index in [2.05, 4.69) is 6.07 Å². The first-order valence-corrected chi connectivity index (χ1v) is 8.22. The van der Waals surface area contributed by atoms with Gasteiger partial charge in [-0.25, -0.2) is 4.79 Å². The standard InChI is InChI=1S/C23H17NO2/c1-17-10-12-20(13-11-17)23(25)26-22-9-5-6-18(15-22)14-21(16-24)19-7-3-2-4-8-19/h2-15H,1H3/b21-14-. The molecule has 0 aliphatic heterocycles. The molecule has 0 saturated heterocycles. The molecule has 3 aromatic rings. The Morgan fingerprint density at radius 1 is 0.923 bits per heavy atom. The Balaban J connectivity index is 1.82. The van der Waals surface area contributed by atoms with Crippen molar-refractivity contribution in [3.63, 3.8) is 0 Å². The molecule has 0 atom stereocenters. The molecule has 0 N–H and O–H groups in total. The number of rotatable bonds is 4. The molecule has 0 spiro atoms. The van der Waals surface area contributed by atoms with Crippen LogP contribution in [0.2, 0.25) is 0 Å². The molecular formula is C23H17NO2. The Morgan fingerprint density at radius 2 is 1.65 bits per heavy atom. The first kappa shape index (κ1) is 17.2. The number of benzene rings is 3. The number of carbonyl (C=O) groups is 1. The summed E-state index contributed by atoms with van der Waals surface area (Å²) < 4.78 is 5.45. The summed E-state index contributed by atoms with van der Waals surface area (Å²) in [5.41, 5.74) is 3.77. The fourth-order valence-corrected chi connectivity index (χ4v) is 2.49. The Morgan fingerprint density at radius 3 is 2.35 bits per heavy atom. The van der Waals surface area contributed by atoms with E-state index in [0.29, 0.717) is 16.9 Å². The third-order valence-electron chi connectivity index (χ3n) is 3.87. The van der Waals surface area contributed by atoms with Crippen molar-refractivity contribution in [1.82, 2.24) is 0 Å². The van der Waals surface area contributed by atoms with E-state index in [1.165, 1.54) is 0 Å². The van der Waals surface area contributed by atoms with Gasteiger partial charge in [0.05, 0.1) is 17.2 Å². The van der Waals surface area contributed by atoms with Crippen molar-refractivity contribution in [2.24, 2.45) is 0 Å². The van der Waals surface area contributed by atoms with Crippen molar-refractivity contribution in [3.05, 3.63) is 101 Å². The molecule has 0 fully saturated rings. The summed E-state index contributed by atoms with van der Waals surface area (Å²) in [4.78, 5) is 12.2. The molecular weight excluding hydrogens is 322 g/mol. The number of aryl methyl sites for hydroxylation is 1. The molecule has 3 nitrogen and oxygen atoms in total. The fraction of sp³-hybridized carbons (Fsp3) is 0.0435. The number of allylic oxidation sites excluding steroid dienone is 1. The Bertz CT molecular complexity index is 981. The van der Waals surface area contributed by atoms with Crippen LogP contribution in [0.5, 0.6) is 5.75 Å². The van der Waals surface area contributed by atoms with Crippen LogP contribution in [0.1, 0.15) is 27.0 Å². The average molecular weight is 339 g/mol. The summed E-state index contributed by atoms with van der Waals surface area (Å²) in [6, 6.07) is 26.0. The summed E-state index contributed by atoms with van der Waals surface area (Å²) in [5.74, 6) is 0.0318. The molecule has 0 unspecified atom stereocenters. The maximum absolute atomic E-state index is 12.2. The smallest absolute Gasteiger partial charge is 0.343 e. The minimum atomic E-state index is -0.408. The molecule has 0 saturated carbocycles. The summed E-state index contributed by atoms with van der Waals surface area (Å²) >= 11 is 0. The van der Waals surface area contributed by atoms with Crippen LogP contribution >= 0.6 is 0 Å². The Kier molecular flexibility index (Phi) is 5.26. The fourth-order valence-electron chi connectivity index (χ4n) is 2.49. The largest absolute Gasteiger partial charge is 0.423 e. The van der Waals surface area contributed by atoms with Crippen molar-refractivity contribution in [2.75, 3.05) is 0 Å². The molecule has 0 bridgehead atoms. The van der Waals surface area contributed by atoms with Crippen LogP contribution in [0, 0.1) is 18.3 Å². The monoisotopic (exact) mass is 339 g/mol. The number of hydrogen-bond acceptors (Lipinski definition) is 3.